The van der Waals surface area contributed by atoms with Gasteiger partial charge in [0.05, 0.1) is 22.2 Å². The monoisotopic (exact) mass is 277 g/mol. The lowest BCUT2D eigenvalue weighted by atomic mass is 9.89. The Morgan fingerprint density at radius 2 is 1.84 bits per heavy atom. The van der Waals surface area contributed by atoms with Crippen LogP contribution in [-0.4, -0.2) is 23.3 Å². The van der Waals surface area contributed by atoms with Crippen molar-refractivity contribution in [2.75, 3.05) is 0 Å². The first kappa shape index (κ1) is 12.9. The molecule has 100 valence electrons. The predicted molar refractivity (Wildman–Crippen MR) is 75.5 cm³/mol. The van der Waals surface area contributed by atoms with Gasteiger partial charge in [0, 0.05) is 6.20 Å². The standard InChI is InChI=1S/C13H16BNO3S/c1-12(2)13(3,4)18-14(17-12)10-8-15-11(19-10)9-6-5-7-16-9/h5-8H,1-4H3. The second kappa shape index (κ2) is 4.20. The molecule has 3 rings (SSSR count). The van der Waals surface area contributed by atoms with Gasteiger partial charge >= 0.3 is 7.12 Å². The van der Waals surface area contributed by atoms with Crippen LogP contribution in [0.15, 0.2) is 29.0 Å². The molecule has 6 heteroatoms. The maximum Gasteiger partial charge on any atom is 0.507 e. The molecule has 3 heterocycles. The maximum absolute atomic E-state index is 6.00. The lowest BCUT2D eigenvalue weighted by molar-refractivity contribution is 0.00578. The first-order chi connectivity index (χ1) is 8.89. The molecule has 2 aromatic rings. The van der Waals surface area contributed by atoms with Gasteiger partial charge in [0.25, 0.3) is 0 Å². The van der Waals surface area contributed by atoms with Gasteiger partial charge in [-0.1, -0.05) is 0 Å². The molecule has 1 fully saturated rings. The van der Waals surface area contributed by atoms with Crippen LogP contribution in [0.4, 0.5) is 0 Å². The van der Waals surface area contributed by atoms with Gasteiger partial charge in [-0.3, -0.25) is 0 Å². The molecule has 0 saturated carbocycles. The Labute approximate surface area is 116 Å². The van der Waals surface area contributed by atoms with E-state index in [1.165, 1.54) is 11.3 Å². The van der Waals surface area contributed by atoms with E-state index in [1.54, 1.807) is 12.5 Å². The van der Waals surface area contributed by atoms with Crippen LogP contribution in [0.1, 0.15) is 27.7 Å². The number of hydrogen-bond acceptors (Lipinski definition) is 5. The van der Waals surface area contributed by atoms with Crippen LogP contribution in [-0.2, 0) is 9.31 Å². The summed E-state index contributed by atoms with van der Waals surface area (Å²) in [6, 6.07) is 3.75. The molecule has 0 unspecified atom stereocenters. The molecule has 0 bridgehead atoms. The van der Waals surface area contributed by atoms with E-state index in [1.807, 2.05) is 39.8 Å². The first-order valence-electron chi connectivity index (χ1n) is 6.24. The second-order valence-electron chi connectivity index (χ2n) is 5.63. The zero-order chi connectivity index (χ0) is 13.7. The Morgan fingerprint density at radius 3 is 2.42 bits per heavy atom. The molecule has 0 aromatic carbocycles. The van der Waals surface area contributed by atoms with Crippen molar-refractivity contribution in [3.63, 3.8) is 0 Å². The molecule has 1 saturated heterocycles. The van der Waals surface area contributed by atoms with Crippen LogP contribution in [0, 0.1) is 0 Å². The van der Waals surface area contributed by atoms with Crippen molar-refractivity contribution in [3.8, 4) is 10.8 Å². The van der Waals surface area contributed by atoms with E-state index < -0.39 is 0 Å². The number of nitrogens with zero attached hydrogens (tertiary/aromatic N) is 1. The lowest BCUT2D eigenvalue weighted by Gasteiger charge is -2.32. The van der Waals surface area contributed by atoms with E-state index in [0.29, 0.717) is 0 Å². The molecular weight excluding hydrogens is 261 g/mol. The average molecular weight is 277 g/mol. The molecular formula is C13H16BNO3S. The van der Waals surface area contributed by atoms with Gasteiger partial charge in [0.1, 0.15) is 0 Å². The quantitative estimate of drug-likeness (QED) is 0.792. The van der Waals surface area contributed by atoms with Crippen molar-refractivity contribution in [1.29, 1.82) is 0 Å². The average Bonchev–Trinajstić information content (AvgIpc) is 3.00. The summed E-state index contributed by atoms with van der Waals surface area (Å²) in [6.07, 6.45) is 3.44. The van der Waals surface area contributed by atoms with Gasteiger partial charge in [0.15, 0.2) is 10.8 Å². The number of furan rings is 1. The van der Waals surface area contributed by atoms with E-state index in [9.17, 15) is 0 Å². The Hall–Kier alpha value is -1.11. The fourth-order valence-corrected chi connectivity index (χ4v) is 2.71. The van der Waals surface area contributed by atoms with Gasteiger partial charge in [-0.2, -0.15) is 0 Å². The molecule has 0 spiro atoms. The molecule has 1 aliphatic rings. The van der Waals surface area contributed by atoms with Gasteiger partial charge in [-0.05, 0) is 39.8 Å². The van der Waals surface area contributed by atoms with Crippen molar-refractivity contribution >= 4 is 23.2 Å². The van der Waals surface area contributed by atoms with Crippen molar-refractivity contribution in [2.24, 2.45) is 0 Å². The Morgan fingerprint density at radius 1 is 1.16 bits per heavy atom. The van der Waals surface area contributed by atoms with Crippen molar-refractivity contribution < 1.29 is 13.7 Å². The third kappa shape index (κ3) is 2.14. The van der Waals surface area contributed by atoms with E-state index in [-0.39, 0.29) is 18.3 Å². The number of rotatable bonds is 2. The number of hydrogen-bond donors (Lipinski definition) is 0. The minimum Gasteiger partial charge on any atom is -0.462 e. The summed E-state index contributed by atoms with van der Waals surface area (Å²) in [7, 11) is -0.355. The molecule has 0 atom stereocenters. The third-order valence-corrected chi connectivity index (χ3v) is 4.77. The summed E-state index contributed by atoms with van der Waals surface area (Å²) in [5.41, 5.74) is -0.654. The summed E-state index contributed by atoms with van der Waals surface area (Å²) in [5, 5.41) is 0.842. The summed E-state index contributed by atoms with van der Waals surface area (Å²) in [4.78, 5) is 4.36. The largest absolute Gasteiger partial charge is 0.507 e. The molecule has 2 aromatic heterocycles. The Balaban J connectivity index is 1.85. The fraction of sp³-hybridized carbons (Fsp3) is 0.462. The summed E-state index contributed by atoms with van der Waals surface area (Å²) < 4.78 is 18.3. The predicted octanol–water partition coefficient (Wildman–Crippen LogP) is 2.70. The van der Waals surface area contributed by atoms with Crippen molar-refractivity contribution in [2.45, 2.75) is 38.9 Å². The molecule has 1 aliphatic heterocycles. The number of aromatic nitrogens is 1. The zero-order valence-corrected chi connectivity index (χ0v) is 12.3. The molecule has 0 aliphatic carbocycles. The normalized spacial score (nSPS) is 20.9. The maximum atomic E-state index is 6.00. The van der Waals surface area contributed by atoms with Crippen LogP contribution < -0.4 is 4.78 Å². The minimum absolute atomic E-state index is 0.327. The summed E-state index contributed by atoms with van der Waals surface area (Å²) >= 11 is 1.53. The van der Waals surface area contributed by atoms with Crippen molar-refractivity contribution in [3.05, 3.63) is 24.6 Å². The topological polar surface area (TPSA) is 44.5 Å². The molecule has 4 nitrogen and oxygen atoms in total. The van der Waals surface area contributed by atoms with Gasteiger partial charge in [-0.15, -0.1) is 11.3 Å². The van der Waals surface area contributed by atoms with E-state index in [0.717, 1.165) is 15.5 Å². The Bertz CT molecular complexity index is 560. The van der Waals surface area contributed by atoms with Gasteiger partial charge in [-0.25, -0.2) is 4.98 Å². The van der Waals surface area contributed by atoms with E-state index >= 15 is 0 Å². The van der Waals surface area contributed by atoms with Crippen LogP contribution in [0.2, 0.25) is 0 Å². The van der Waals surface area contributed by atoms with E-state index in [2.05, 4.69) is 4.98 Å². The molecule has 0 radical (unpaired) electrons. The van der Waals surface area contributed by atoms with Crippen molar-refractivity contribution in [1.82, 2.24) is 4.98 Å². The highest BCUT2D eigenvalue weighted by molar-refractivity contribution is 7.24. The van der Waals surface area contributed by atoms with Gasteiger partial charge < -0.3 is 13.7 Å². The van der Waals surface area contributed by atoms with Crippen LogP contribution in [0.3, 0.4) is 0 Å². The molecule has 19 heavy (non-hydrogen) atoms. The fourth-order valence-electron chi connectivity index (χ4n) is 1.87. The summed E-state index contributed by atoms with van der Waals surface area (Å²) in [5.74, 6) is 0.771. The highest BCUT2D eigenvalue weighted by atomic mass is 32.1. The second-order valence-corrected chi connectivity index (χ2v) is 6.70. The van der Waals surface area contributed by atoms with Crippen LogP contribution >= 0.6 is 11.3 Å². The third-order valence-electron chi connectivity index (χ3n) is 3.74. The highest BCUT2D eigenvalue weighted by Crippen LogP contribution is 2.37. The zero-order valence-electron chi connectivity index (χ0n) is 11.5. The minimum atomic E-state index is -0.355. The Kier molecular flexibility index (Phi) is 2.85. The SMILES string of the molecule is CC1(C)OB(c2cnc(-c3ccco3)s2)OC1(C)C. The van der Waals surface area contributed by atoms with Crippen LogP contribution in [0.25, 0.3) is 10.8 Å². The number of thiazole rings is 1. The first-order valence-corrected chi connectivity index (χ1v) is 7.06. The van der Waals surface area contributed by atoms with Crippen LogP contribution in [0.5, 0.6) is 0 Å². The smallest absolute Gasteiger partial charge is 0.462 e. The van der Waals surface area contributed by atoms with Gasteiger partial charge in [0.2, 0.25) is 0 Å². The summed E-state index contributed by atoms with van der Waals surface area (Å²) in [6.45, 7) is 8.17. The molecule has 0 amide bonds. The highest BCUT2D eigenvalue weighted by Gasteiger charge is 2.52. The molecule has 0 N–H and O–H groups in total. The lowest BCUT2D eigenvalue weighted by Crippen LogP contribution is -2.41. The van der Waals surface area contributed by atoms with E-state index in [4.69, 9.17) is 13.7 Å².